The van der Waals surface area contributed by atoms with E-state index in [0.717, 1.165) is 0 Å². The van der Waals surface area contributed by atoms with Gasteiger partial charge in [-0.1, -0.05) is 90.1 Å². The van der Waals surface area contributed by atoms with Gasteiger partial charge in [-0.05, 0) is 33.1 Å². The van der Waals surface area contributed by atoms with Gasteiger partial charge in [-0.2, -0.15) is 0 Å². The topological polar surface area (TPSA) is 0 Å². The van der Waals surface area contributed by atoms with Crippen LogP contribution in [0.15, 0.2) is 48.5 Å². The van der Waals surface area contributed by atoms with Gasteiger partial charge in [-0.15, -0.1) is 0 Å². The van der Waals surface area contributed by atoms with Crippen molar-refractivity contribution in [3.8, 4) is 11.1 Å². The summed E-state index contributed by atoms with van der Waals surface area (Å²) >= 11 is 0. The van der Waals surface area contributed by atoms with Crippen molar-refractivity contribution in [1.29, 1.82) is 0 Å². The van der Waals surface area contributed by atoms with E-state index < -0.39 is 0 Å². The maximum Gasteiger partial charge on any atom is 1.00 e. The van der Waals surface area contributed by atoms with Gasteiger partial charge in [-0.3, -0.25) is 0 Å². The first kappa shape index (κ1) is 18.1. The third kappa shape index (κ3) is 4.03. The third-order valence-electron chi connectivity index (χ3n) is 3.76. The van der Waals surface area contributed by atoms with Gasteiger partial charge in [0.2, 0.25) is 0 Å². The van der Waals surface area contributed by atoms with Gasteiger partial charge in [0.05, 0.1) is 0 Å². The number of hydrogen-bond acceptors (Lipinski definition) is 0. The molecule has 0 unspecified atom stereocenters. The summed E-state index contributed by atoms with van der Waals surface area (Å²) < 4.78 is 0. The largest absolute Gasteiger partial charge is 1.00 e. The molecule has 0 N–H and O–H groups in total. The van der Waals surface area contributed by atoms with Crippen LogP contribution in [-0.2, 0) is 10.8 Å². The summed E-state index contributed by atoms with van der Waals surface area (Å²) in [7, 11) is 0. The predicted octanol–water partition coefficient (Wildman–Crippen LogP) is 3.07. The second-order valence-electron chi connectivity index (χ2n) is 7.59. The van der Waals surface area contributed by atoms with E-state index >= 15 is 0 Å². The molecule has 0 saturated carbocycles. The summed E-state index contributed by atoms with van der Waals surface area (Å²) in [6.45, 7) is 13.7. The molecular formula is C20H27Li. The first-order valence-electron chi connectivity index (χ1n) is 7.40. The summed E-state index contributed by atoms with van der Waals surface area (Å²) in [6.07, 6.45) is 0. The van der Waals surface area contributed by atoms with Gasteiger partial charge in [0, 0.05) is 0 Å². The molecule has 0 nitrogen and oxygen atoms in total. The fourth-order valence-corrected chi connectivity index (χ4v) is 2.74. The van der Waals surface area contributed by atoms with Crippen molar-refractivity contribution >= 4 is 0 Å². The molecule has 0 saturated heterocycles. The molecule has 0 aliphatic heterocycles. The smallest absolute Gasteiger partial charge is 1.00 e. The molecule has 0 bridgehead atoms. The third-order valence-corrected chi connectivity index (χ3v) is 3.76. The Balaban J connectivity index is 0.00000220. The van der Waals surface area contributed by atoms with Crippen molar-refractivity contribution in [2.75, 3.05) is 0 Å². The average molecular weight is 274 g/mol. The van der Waals surface area contributed by atoms with Crippen molar-refractivity contribution in [3.05, 3.63) is 59.7 Å². The van der Waals surface area contributed by atoms with Crippen molar-refractivity contribution in [2.45, 2.75) is 52.4 Å². The summed E-state index contributed by atoms with van der Waals surface area (Å²) in [5.74, 6) is 0. The zero-order valence-corrected chi connectivity index (χ0v) is 14.6. The van der Waals surface area contributed by atoms with Crippen LogP contribution in [0.25, 0.3) is 11.1 Å². The fraction of sp³-hybridized carbons (Fsp3) is 0.400. The average Bonchev–Trinajstić information content (AvgIpc) is 2.37. The summed E-state index contributed by atoms with van der Waals surface area (Å²) in [6, 6.07) is 17.6. The van der Waals surface area contributed by atoms with E-state index in [2.05, 4.69) is 90.1 Å². The Hall–Kier alpha value is -0.963. The molecule has 0 spiro atoms. The molecule has 0 radical (unpaired) electrons. The quantitative estimate of drug-likeness (QED) is 0.701. The van der Waals surface area contributed by atoms with Crippen LogP contribution in [0.3, 0.4) is 0 Å². The van der Waals surface area contributed by atoms with E-state index in [1.807, 2.05) is 0 Å². The zero-order valence-electron chi connectivity index (χ0n) is 15.6. The van der Waals surface area contributed by atoms with Gasteiger partial charge in [-0.25, -0.2) is 0 Å². The maximum absolute atomic E-state index is 2.28. The number of hydrogen-bond donors (Lipinski definition) is 0. The molecule has 0 aliphatic carbocycles. The first-order chi connectivity index (χ1) is 9.21. The Morgan fingerprint density at radius 2 is 0.857 bits per heavy atom. The molecule has 0 fully saturated rings. The normalized spacial score (nSPS) is 11.9. The van der Waals surface area contributed by atoms with Crippen LogP contribution in [0, 0.1) is 0 Å². The second-order valence-corrected chi connectivity index (χ2v) is 7.59. The molecular weight excluding hydrogens is 247 g/mol. The van der Waals surface area contributed by atoms with Crippen LogP contribution in [0.5, 0.6) is 0 Å². The van der Waals surface area contributed by atoms with E-state index in [1.165, 1.54) is 22.3 Å². The first-order valence-corrected chi connectivity index (χ1v) is 7.40. The Labute approximate surface area is 143 Å². The maximum atomic E-state index is 2.28. The van der Waals surface area contributed by atoms with E-state index in [9.17, 15) is 0 Å². The summed E-state index contributed by atoms with van der Waals surface area (Å²) in [5, 5.41) is 0. The molecule has 2 aromatic carbocycles. The Kier molecular flexibility index (Phi) is 5.54. The van der Waals surface area contributed by atoms with Gasteiger partial charge >= 0.3 is 18.9 Å². The standard InChI is InChI=1S/C20H26.Li.H/c1-19(2,3)17-13-9-7-11-15(17)16-12-8-10-14-18(16)20(4,5)6;;/h7-14H,1-6H3;;/q;+1;-1. The van der Waals surface area contributed by atoms with Crippen LogP contribution >= 0.6 is 0 Å². The molecule has 2 rings (SSSR count). The number of benzene rings is 2. The van der Waals surface area contributed by atoms with Crippen LogP contribution in [-0.4, -0.2) is 0 Å². The molecule has 21 heavy (non-hydrogen) atoms. The van der Waals surface area contributed by atoms with Crippen molar-refractivity contribution in [1.82, 2.24) is 0 Å². The molecule has 2 aromatic rings. The minimum Gasteiger partial charge on any atom is -1.00 e. The minimum absolute atomic E-state index is 0. The molecule has 0 heterocycles. The van der Waals surface area contributed by atoms with E-state index in [1.54, 1.807) is 0 Å². The fourth-order valence-electron chi connectivity index (χ4n) is 2.74. The molecule has 1 heteroatoms. The molecule has 0 amide bonds. The van der Waals surface area contributed by atoms with Crippen LogP contribution in [0.2, 0.25) is 0 Å². The Morgan fingerprint density at radius 1 is 0.571 bits per heavy atom. The van der Waals surface area contributed by atoms with Gasteiger partial charge in [0.25, 0.3) is 0 Å². The summed E-state index contributed by atoms with van der Waals surface area (Å²) in [5.41, 5.74) is 5.87. The Bertz CT molecular complexity index is 548. The number of rotatable bonds is 1. The molecule has 108 valence electrons. The molecule has 0 atom stereocenters. The van der Waals surface area contributed by atoms with Gasteiger partial charge in [0.15, 0.2) is 0 Å². The molecule has 0 aromatic heterocycles. The Morgan fingerprint density at radius 3 is 1.14 bits per heavy atom. The molecule has 0 aliphatic rings. The van der Waals surface area contributed by atoms with Crippen molar-refractivity contribution in [2.24, 2.45) is 0 Å². The predicted molar refractivity (Wildman–Crippen MR) is 90.4 cm³/mol. The minimum atomic E-state index is 0. The van der Waals surface area contributed by atoms with Crippen molar-refractivity contribution < 1.29 is 20.3 Å². The SMILES string of the molecule is CC(C)(C)c1ccccc1-c1ccccc1C(C)(C)C.[H-].[Li+]. The van der Waals surface area contributed by atoms with E-state index in [-0.39, 0.29) is 31.1 Å². The zero-order chi connectivity index (χ0) is 15.0. The van der Waals surface area contributed by atoms with Gasteiger partial charge in [0.1, 0.15) is 0 Å². The van der Waals surface area contributed by atoms with E-state index in [0.29, 0.717) is 0 Å². The van der Waals surface area contributed by atoms with Crippen LogP contribution < -0.4 is 18.9 Å². The second kappa shape index (κ2) is 6.43. The van der Waals surface area contributed by atoms with Crippen molar-refractivity contribution in [3.63, 3.8) is 0 Å². The van der Waals surface area contributed by atoms with Crippen LogP contribution in [0.4, 0.5) is 0 Å². The van der Waals surface area contributed by atoms with Gasteiger partial charge < -0.3 is 1.43 Å². The summed E-state index contributed by atoms with van der Waals surface area (Å²) in [4.78, 5) is 0. The van der Waals surface area contributed by atoms with E-state index in [4.69, 9.17) is 0 Å². The van der Waals surface area contributed by atoms with Crippen LogP contribution in [0.1, 0.15) is 54.1 Å². The monoisotopic (exact) mass is 274 g/mol.